The summed E-state index contributed by atoms with van der Waals surface area (Å²) in [6.45, 7) is 7.99. The van der Waals surface area contributed by atoms with E-state index >= 15 is 0 Å². The highest BCUT2D eigenvalue weighted by molar-refractivity contribution is 9.10. The Labute approximate surface area is 147 Å². The van der Waals surface area contributed by atoms with Crippen LogP contribution in [0.5, 0.6) is 5.75 Å². The predicted molar refractivity (Wildman–Crippen MR) is 99.2 cm³/mol. The van der Waals surface area contributed by atoms with Gasteiger partial charge >= 0.3 is 0 Å². The fourth-order valence-corrected chi connectivity index (χ4v) is 3.48. The Balaban J connectivity index is 1.60. The second-order valence-corrected chi connectivity index (χ2v) is 6.71. The highest BCUT2D eigenvalue weighted by Crippen LogP contribution is 2.29. The normalized spacial score (nSPS) is 15.7. The molecule has 2 aromatic carbocycles. The molecule has 23 heavy (non-hydrogen) atoms. The lowest BCUT2D eigenvalue weighted by molar-refractivity contribution is 0.248. The van der Waals surface area contributed by atoms with Crippen molar-refractivity contribution >= 4 is 21.6 Å². The summed E-state index contributed by atoms with van der Waals surface area (Å²) in [6.07, 6.45) is 0. The molecule has 0 aliphatic carbocycles. The van der Waals surface area contributed by atoms with Crippen molar-refractivity contribution in [2.75, 3.05) is 37.7 Å². The Morgan fingerprint density at radius 1 is 1.00 bits per heavy atom. The summed E-state index contributed by atoms with van der Waals surface area (Å²) in [4.78, 5) is 4.95. The number of ether oxygens (including phenoxy) is 1. The molecule has 0 spiro atoms. The molecule has 0 bridgehead atoms. The number of hydrogen-bond acceptors (Lipinski definition) is 3. The van der Waals surface area contributed by atoms with Crippen LogP contribution in [-0.4, -0.2) is 37.7 Å². The van der Waals surface area contributed by atoms with Gasteiger partial charge in [-0.2, -0.15) is 0 Å². The minimum atomic E-state index is 0.708. The van der Waals surface area contributed by atoms with Crippen LogP contribution < -0.4 is 9.64 Å². The van der Waals surface area contributed by atoms with Crippen molar-refractivity contribution in [2.24, 2.45) is 0 Å². The standard InChI is InChI=1S/C19H23BrN2O/c1-2-23-19-9-4-3-8-18(19)22-12-10-21(11-13-22)15-16-6-5-7-17(20)14-16/h3-9,14H,2,10-13,15H2,1H3. The molecule has 3 nitrogen and oxygen atoms in total. The molecule has 0 unspecified atom stereocenters. The van der Waals surface area contributed by atoms with E-state index < -0.39 is 0 Å². The van der Waals surface area contributed by atoms with Crippen LogP contribution in [0.2, 0.25) is 0 Å². The number of benzene rings is 2. The van der Waals surface area contributed by atoms with E-state index in [1.165, 1.54) is 11.3 Å². The van der Waals surface area contributed by atoms with Crippen LogP contribution in [0, 0.1) is 0 Å². The van der Waals surface area contributed by atoms with Gasteiger partial charge in [-0.05, 0) is 36.8 Å². The van der Waals surface area contributed by atoms with E-state index in [0.29, 0.717) is 6.61 Å². The Bertz CT molecular complexity index is 639. The minimum Gasteiger partial charge on any atom is -0.492 e. The van der Waals surface area contributed by atoms with E-state index in [9.17, 15) is 0 Å². The molecule has 1 heterocycles. The van der Waals surface area contributed by atoms with Crippen molar-refractivity contribution in [1.82, 2.24) is 4.90 Å². The Morgan fingerprint density at radius 3 is 2.52 bits per heavy atom. The second kappa shape index (κ2) is 7.84. The Morgan fingerprint density at radius 2 is 1.78 bits per heavy atom. The van der Waals surface area contributed by atoms with Crippen LogP contribution >= 0.6 is 15.9 Å². The molecular formula is C19H23BrN2O. The monoisotopic (exact) mass is 374 g/mol. The molecule has 0 atom stereocenters. The minimum absolute atomic E-state index is 0.708. The molecule has 0 aromatic heterocycles. The quantitative estimate of drug-likeness (QED) is 0.780. The highest BCUT2D eigenvalue weighted by Gasteiger charge is 2.19. The van der Waals surface area contributed by atoms with Gasteiger partial charge in [0.05, 0.1) is 12.3 Å². The summed E-state index contributed by atoms with van der Waals surface area (Å²) < 4.78 is 6.92. The van der Waals surface area contributed by atoms with Gasteiger partial charge in [0.2, 0.25) is 0 Å². The van der Waals surface area contributed by atoms with Crippen LogP contribution in [0.15, 0.2) is 53.0 Å². The lowest BCUT2D eigenvalue weighted by Gasteiger charge is -2.36. The largest absolute Gasteiger partial charge is 0.492 e. The van der Waals surface area contributed by atoms with Crippen molar-refractivity contribution in [3.63, 3.8) is 0 Å². The average molecular weight is 375 g/mol. The second-order valence-electron chi connectivity index (χ2n) is 5.79. The smallest absolute Gasteiger partial charge is 0.142 e. The first-order valence-corrected chi connectivity index (χ1v) is 8.99. The van der Waals surface area contributed by atoms with Gasteiger partial charge in [-0.1, -0.05) is 40.2 Å². The van der Waals surface area contributed by atoms with Gasteiger partial charge in [0.25, 0.3) is 0 Å². The summed E-state index contributed by atoms with van der Waals surface area (Å²) >= 11 is 3.55. The maximum atomic E-state index is 5.77. The Kier molecular flexibility index (Phi) is 5.57. The van der Waals surface area contributed by atoms with Crippen LogP contribution in [0.25, 0.3) is 0 Å². The maximum Gasteiger partial charge on any atom is 0.142 e. The number of para-hydroxylation sites is 2. The van der Waals surface area contributed by atoms with E-state index in [1.807, 2.05) is 13.0 Å². The topological polar surface area (TPSA) is 15.7 Å². The zero-order chi connectivity index (χ0) is 16.1. The number of halogens is 1. The average Bonchev–Trinajstić information content (AvgIpc) is 2.57. The van der Waals surface area contributed by atoms with Gasteiger partial charge in [0, 0.05) is 37.2 Å². The molecule has 3 rings (SSSR count). The third-order valence-corrected chi connectivity index (χ3v) is 4.67. The molecule has 1 aliphatic heterocycles. The van der Waals surface area contributed by atoms with Crippen molar-refractivity contribution in [2.45, 2.75) is 13.5 Å². The van der Waals surface area contributed by atoms with E-state index in [2.05, 4.69) is 68.2 Å². The molecule has 4 heteroatoms. The third kappa shape index (κ3) is 4.27. The van der Waals surface area contributed by atoms with Gasteiger partial charge in [0.1, 0.15) is 5.75 Å². The molecule has 0 N–H and O–H groups in total. The summed E-state index contributed by atoms with van der Waals surface area (Å²) in [7, 11) is 0. The van der Waals surface area contributed by atoms with E-state index in [1.54, 1.807) is 0 Å². The number of anilines is 1. The van der Waals surface area contributed by atoms with Crippen LogP contribution in [0.3, 0.4) is 0 Å². The van der Waals surface area contributed by atoms with E-state index in [0.717, 1.165) is 42.9 Å². The van der Waals surface area contributed by atoms with Crippen molar-refractivity contribution in [1.29, 1.82) is 0 Å². The first-order valence-electron chi connectivity index (χ1n) is 8.20. The summed E-state index contributed by atoms with van der Waals surface area (Å²) in [5.74, 6) is 0.996. The van der Waals surface area contributed by atoms with Crippen molar-refractivity contribution in [3.8, 4) is 5.75 Å². The zero-order valence-corrected chi connectivity index (χ0v) is 15.1. The lowest BCUT2D eigenvalue weighted by atomic mass is 10.2. The fourth-order valence-electron chi connectivity index (χ4n) is 3.04. The van der Waals surface area contributed by atoms with Crippen LogP contribution in [-0.2, 0) is 6.54 Å². The molecule has 1 aliphatic rings. The number of rotatable bonds is 5. The molecule has 122 valence electrons. The van der Waals surface area contributed by atoms with E-state index in [-0.39, 0.29) is 0 Å². The predicted octanol–water partition coefficient (Wildman–Crippen LogP) is 4.17. The summed E-state index contributed by atoms with van der Waals surface area (Å²) in [5, 5.41) is 0. The zero-order valence-electron chi connectivity index (χ0n) is 13.5. The Hall–Kier alpha value is -1.52. The van der Waals surface area contributed by atoms with Gasteiger partial charge in [-0.15, -0.1) is 0 Å². The van der Waals surface area contributed by atoms with E-state index in [4.69, 9.17) is 4.74 Å². The van der Waals surface area contributed by atoms with Crippen LogP contribution in [0.1, 0.15) is 12.5 Å². The maximum absolute atomic E-state index is 5.77. The SMILES string of the molecule is CCOc1ccccc1N1CCN(Cc2cccc(Br)c2)CC1. The van der Waals surface area contributed by atoms with Gasteiger partial charge in [-0.25, -0.2) is 0 Å². The molecule has 1 fully saturated rings. The number of piperazine rings is 1. The molecule has 0 amide bonds. The fraction of sp³-hybridized carbons (Fsp3) is 0.368. The first-order chi connectivity index (χ1) is 11.3. The highest BCUT2D eigenvalue weighted by atomic mass is 79.9. The molecule has 0 saturated carbocycles. The van der Waals surface area contributed by atoms with Crippen LogP contribution in [0.4, 0.5) is 5.69 Å². The van der Waals surface area contributed by atoms with Gasteiger partial charge in [0.15, 0.2) is 0 Å². The van der Waals surface area contributed by atoms with Crippen molar-refractivity contribution < 1.29 is 4.74 Å². The van der Waals surface area contributed by atoms with Crippen molar-refractivity contribution in [3.05, 3.63) is 58.6 Å². The molecule has 0 radical (unpaired) electrons. The number of hydrogen-bond donors (Lipinski definition) is 0. The van der Waals surface area contributed by atoms with Gasteiger partial charge in [-0.3, -0.25) is 4.90 Å². The first kappa shape index (κ1) is 16.3. The molecular weight excluding hydrogens is 352 g/mol. The molecule has 1 saturated heterocycles. The summed E-state index contributed by atoms with van der Waals surface area (Å²) in [5.41, 5.74) is 2.58. The lowest BCUT2D eigenvalue weighted by Crippen LogP contribution is -2.46. The third-order valence-electron chi connectivity index (χ3n) is 4.17. The van der Waals surface area contributed by atoms with Gasteiger partial charge < -0.3 is 9.64 Å². The molecule has 2 aromatic rings. The number of nitrogens with zero attached hydrogens (tertiary/aromatic N) is 2. The summed E-state index contributed by atoms with van der Waals surface area (Å²) in [6, 6.07) is 16.9.